The van der Waals surface area contributed by atoms with Crippen LogP contribution in [0.3, 0.4) is 0 Å². The predicted octanol–water partition coefficient (Wildman–Crippen LogP) is 10.1. The van der Waals surface area contributed by atoms with Gasteiger partial charge in [0.15, 0.2) is 0 Å². The fraction of sp³-hybridized carbons (Fsp3) is 0.757. The van der Waals surface area contributed by atoms with Crippen molar-refractivity contribution in [3.05, 3.63) is 48.6 Å². The second kappa shape index (κ2) is 32.9. The Labute approximate surface area is 254 Å². The van der Waals surface area contributed by atoms with Gasteiger partial charge in [-0.15, -0.1) is 0 Å². The third kappa shape index (κ3) is 29.6. The van der Waals surface area contributed by atoms with Crippen molar-refractivity contribution in [1.82, 2.24) is 5.32 Å². The van der Waals surface area contributed by atoms with E-state index in [0.717, 1.165) is 38.5 Å². The quantitative estimate of drug-likeness (QED) is 0.0591. The molecular formula is C37H67NO3. The van der Waals surface area contributed by atoms with Gasteiger partial charge in [0.1, 0.15) is 0 Å². The number of aliphatic hydroxyl groups is 2. The van der Waals surface area contributed by atoms with E-state index in [9.17, 15) is 15.0 Å². The first-order valence-electron chi connectivity index (χ1n) is 17.4. The molecule has 0 rings (SSSR count). The van der Waals surface area contributed by atoms with Crippen LogP contribution in [0.1, 0.15) is 162 Å². The highest BCUT2D eigenvalue weighted by Crippen LogP contribution is 2.11. The van der Waals surface area contributed by atoms with Crippen LogP contribution in [0.15, 0.2) is 48.6 Å². The van der Waals surface area contributed by atoms with Gasteiger partial charge in [0.05, 0.1) is 18.8 Å². The Balaban J connectivity index is 3.70. The van der Waals surface area contributed by atoms with Crippen molar-refractivity contribution in [2.24, 2.45) is 0 Å². The molecule has 0 fully saturated rings. The molecule has 0 aliphatic rings. The maximum Gasteiger partial charge on any atom is 0.220 e. The van der Waals surface area contributed by atoms with Gasteiger partial charge < -0.3 is 15.5 Å². The third-order valence-corrected chi connectivity index (χ3v) is 7.51. The molecule has 0 aliphatic carbocycles. The number of hydrogen-bond donors (Lipinski definition) is 3. The van der Waals surface area contributed by atoms with Gasteiger partial charge >= 0.3 is 0 Å². The molecule has 0 saturated carbocycles. The summed E-state index contributed by atoms with van der Waals surface area (Å²) < 4.78 is 0. The number of carbonyl (C=O) groups excluding carboxylic acids is 1. The minimum Gasteiger partial charge on any atom is -0.394 e. The van der Waals surface area contributed by atoms with E-state index in [1.807, 2.05) is 6.08 Å². The Morgan fingerprint density at radius 1 is 0.561 bits per heavy atom. The lowest BCUT2D eigenvalue weighted by Crippen LogP contribution is -2.45. The van der Waals surface area contributed by atoms with Crippen LogP contribution in [0.4, 0.5) is 0 Å². The Hall–Kier alpha value is -1.65. The van der Waals surface area contributed by atoms with Crippen LogP contribution in [0.25, 0.3) is 0 Å². The first-order chi connectivity index (χ1) is 20.2. The number of nitrogens with one attached hydrogen (secondary N) is 1. The molecule has 0 heterocycles. The average molecular weight is 574 g/mol. The lowest BCUT2D eigenvalue weighted by Gasteiger charge is -2.19. The molecule has 2 atom stereocenters. The number of amides is 1. The molecule has 3 N–H and O–H groups in total. The molecule has 0 aromatic heterocycles. The van der Waals surface area contributed by atoms with E-state index in [1.165, 1.54) is 103 Å². The second-order valence-corrected chi connectivity index (χ2v) is 11.6. The molecule has 4 heteroatoms. The number of carbonyl (C=O) groups is 1. The first kappa shape index (κ1) is 39.4. The molecule has 0 bridgehead atoms. The maximum absolute atomic E-state index is 12.3. The summed E-state index contributed by atoms with van der Waals surface area (Å²) in [6.07, 6.45) is 43.3. The normalized spacial score (nSPS) is 13.8. The zero-order valence-corrected chi connectivity index (χ0v) is 27.0. The smallest absolute Gasteiger partial charge is 0.220 e. The molecular weight excluding hydrogens is 506 g/mol. The van der Waals surface area contributed by atoms with Crippen LogP contribution < -0.4 is 5.32 Å². The Bertz CT molecular complexity index is 667. The highest BCUT2D eigenvalue weighted by atomic mass is 16.3. The Kier molecular flexibility index (Phi) is 31.5. The number of aliphatic hydroxyl groups excluding tert-OH is 2. The van der Waals surface area contributed by atoms with Crippen molar-refractivity contribution in [3.63, 3.8) is 0 Å². The Morgan fingerprint density at radius 3 is 1.49 bits per heavy atom. The summed E-state index contributed by atoms with van der Waals surface area (Å²) in [5.74, 6) is -0.0871. The van der Waals surface area contributed by atoms with E-state index in [4.69, 9.17) is 0 Å². The maximum atomic E-state index is 12.3. The van der Waals surface area contributed by atoms with Crippen LogP contribution in [0, 0.1) is 0 Å². The predicted molar refractivity (Wildman–Crippen MR) is 179 cm³/mol. The average Bonchev–Trinajstić information content (AvgIpc) is 2.97. The van der Waals surface area contributed by atoms with Crippen LogP contribution in [0.5, 0.6) is 0 Å². The zero-order valence-electron chi connectivity index (χ0n) is 27.0. The van der Waals surface area contributed by atoms with Gasteiger partial charge in [-0.2, -0.15) is 0 Å². The van der Waals surface area contributed by atoms with E-state index >= 15 is 0 Å². The van der Waals surface area contributed by atoms with E-state index < -0.39 is 12.1 Å². The number of unbranched alkanes of at least 4 members (excludes halogenated alkanes) is 17. The van der Waals surface area contributed by atoms with Gasteiger partial charge in [-0.3, -0.25) is 4.79 Å². The van der Waals surface area contributed by atoms with Crippen LogP contribution >= 0.6 is 0 Å². The van der Waals surface area contributed by atoms with Crippen LogP contribution in [-0.2, 0) is 4.79 Å². The number of allylic oxidation sites excluding steroid dienone is 7. The van der Waals surface area contributed by atoms with Crippen molar-refractivity contribution in [2.45, 2.75) is 174 Å². The topological polar surface area (TPSA) is 69.6 Å². The van der Waals surface area contributed by atoms with Gasteiger partial charge in [-0.1, -0.05) is 140 Å². The van der Waals surface area contributed by atoms with Crippen molar-refractivity contribution in [3.8, 4) is 0 Å². The summed E-state index contributed by atoms with van der Waals surface area (Å²) in [7, 11) is 0. The summed E-state index contributed by atoms with van der Waals surface area (Å²) >= 11 is 0. The van der Waals surface area contributed by atoms with Gasteiger partial charge in [0, 0.05) is 6.42 Å². The largest absolute Gasteiger partial charge is 0.394 e. The van der Waals surface area contributed by atoms with Crippen molar-refractivity contribution in [1.29, 1.82) is 0 Å². The van der Waals surface area contributed by atoms with E-state index in [1.54, 1.807) is 6.08 Å². The lowest BCUT2D eigenvalue weighted by atomic mass is 10.1. The standard InChI is InChI=1S/C37H67NO3/c1-3-5-7-9-11-13-15-17-18-19-20-21-23-25-27-29-31-33-37(41)38-35(34-39)36(40)32-30-28-26-24-22-16-14-12-10-8-6-4-2/h10,12,17-18,22,24,30,32,35-36,39-40H,3-9,11,13-16,19-21,23,25-29,31,33-34H2,1-2H3,(H,38,41)/b12-10+,18-17-,24-22+,32-30+. The molecule has 4 nitrogen and oxygen atoms in total. The van der Waals surface area contributed by atoms with Crippen molar-refractivity contribution < 1.29 is 15.0 Å². The monoisotopic (exact) mass is 574 g/mol. The highest BCUT2D eigenvalue weighted by molar-refractivity contribution is 5.76. The second-order valence-electron chi connectivity index (χ2n) is 11.6. The molecule has 0 spiro atoms. The summed E-state index contributed by atoms with van der Waals surface area (Å²) in [6, 6.07) is -0.645. The third-order valence-electron chi connectivity index (χ3n) is 7.51. The van der Waals surface area contributed by atoms with Gasteiger partial charge in [-0.25, -0.2) is 0 Å². The minimum absolute atomic E-state index is 0.0871. The van der Waals surface area contributed by atoms with E-state index in [-0.39, 0.29) is 12.5 Å². The molecule has 2 unspecified atom stereocenters. The summed E-state index contributed by atoms with van der Waals surface area (Å²) in [6.45, 7) is 4.22. The van der Waals surface area contributed by atoms with Crippen molar-refractivity contribution in [2.75, 3.05) is 6.61 Å². The zero-order chi connectivity index (χ0) is 30.1. The van der Waals surface area contributed by atoms with Gasteiger partial charge in [0.25, 0.3) is 0 Å². The number of rotatable bonds is 30. The van der Waals surface area contributed by atoms with E-state index in [0.29, 0.717) is 6.42 Å². The molecule has 0 saturated heterocycles. The molecule has 0 aromatic carbocycles. The summed E-state index contributed by atoms with van der Waals surface area (Å²) in [5.41, 5.74) is 0. The SMILES string of the molecule is CCCC/C=C/CC/C=C/CC/C=C/C(O)C(CO)NC(=O)CCCCCCCCC/C=C\CCCCCCCC. The minimum atomic E-state index is -0.869. The summed E-state index contributed by atoms with van der Waals surface area (Å²) in [5, 5.41) is 22.8. The van der Waals surface area contributed by atoms with Crippen LogP contribution in [-0.4, -0.2) is 34.9 Å². The van der Waals surface area contributed by atoms with E-state index in [2.05, 4.69) is 55.6 Å². The molecule has 0 aliphatic heterocycles. The molecule has 0 aromatic rings. The Morgan fingerprint density at radius 2 is 0.976 bits per heavy atom. The summed E-state index contributed by atoms with van der Waals surface area (Å²) in [4.78, 5) is 12.3. The number of hydrogen-bond acceptors (Lipinski definition) is 3. The van der Waals surface area contributed by atoms with Crippen LogP contribution in [0.2, 0.25) is 0 Å². The molecule has 0 radical (unpaired) electrons. The fourth-order valence-electron chi connectivity index (χ4n) is 4.78. The van der Waals surface area contributed by atoms with Gasteiger partial charge in [0.2, 0.25) is 5.91 Å². The van der Waals surface area contributed by atoms with Crippen molar-refractivity contribution >= 4 is 5.91 Å². The fourth-order valence-corrected chi connectivity index (χ4v) is 4.78. The van der Waals surface area contributed by atoms with Gasteiger partial charge in [-0.05, 0) is 64.2 Å². The first-order valence-corrected chi connectivity index (χ1v) is 17.4. The molecule has 41 heavy (non-hydrogen) atoms. The lowest BCUT2D eigenvalue weighted by molar-refractivity contribution is -0.123. The molecule has 238 valence electrons. The molecule has 1 amide bonds. The highest BCUT2D eigenvalue weighted by Gasteiger charge is 2.17.